The average Bonchev–Trinajstić information content (AvgIpc) is 2.75. The number of hydrogen-bond donors (Lipinski definition) is 1. The molecule has 1 aliphatic rings. The number of nitrogens with zero attached hydrogens (tertiary/aromatic N) is 1. The molecular formula is C12H11FN2S. The van der Waals surface area contributed by atoms with Crippen LogP contribution in [0.1, 0.15) is 18.4 Å². The number of halogens is 1. The van der Waals surface area contributed by atoms with Gasteiger partial charge in [0.05, 0.1) is 10.4 Å². The van der Waals surface area contributed by atoms with Crippen molar-refractivity contribution in [2.45, 2.75) is 12.8 Å². The van der Waals surface area contributed by atoms with Gasteiger partial charge in [0.1, 0.15) is 5.82 Å². The van der Waals surface area contributed by atoms with Gasteiger partial charge in [-0.1, -0.05) is 12.1 Å². The fourth-order valence-corrected chi connectivity index (χ4v) is 2.97. The second-order valence-corrected chi connectivity index (χ2v) is 4.72. The maximum Gasteiger partial charge on any atom is 0.141 e. The molecule has 2 aromatic rings. The standard InChI is InChI=1S/C12H11FN2S/c13-10-4-1-3-8-9(7-16-12(8)10)11-5-2-6-14-15-11/h1,3-4,7,14H,2,5-6H2. The third kappa shape index (κ3) is 1.50. The van der Waals surface area contributed by atoms with Gasteiger partial charge in [-0.3, -0.25) is 0 Å². The largest absolute Gasteiger partial charge is 0.310 e. The Balaban J connectivity index is 2.17. The molecular weight excluding hydrogens is 223 g/mol. The molecule has 0 saturated heterocycles. The number of benzene rings is 1. The fraction of sp³-hybridized carbons (Fsp3) is 0.250. The van der Waals surface area contributed by atoms with Gasteiger partial charge >= 0.3 is 0 Å². The molecule has 2 heterocycles. The average molecular weight is 234 g/mol. The summed E-state index contributed by atoms with van der Waals surface area (Å²) in [5.74, 6) is -0.141. The molecule has 1 aromatic heterocycles. The van der Waals surface area contributed by atoms with E-state index in [0.717, 1.165) is 40.7 Å². The van der Waals surface area contributed by atoms with Crippen LogP contribution in [0.4, 0.5) is 4.39 Å². The number of fused-ring (bicyclic) bond motifs is 1. The van der Waals surface area contributed by atoms with Crippen LogP contribution in [0.2, 0.25) is 0 Å². The van der Waals surface area contributed by atoms with Crippen molar-refractivity contribution >= 4 is 27.1 Å². The van der Waals surface area contributed by atoms with Crippen molar-refractivity contribution in [2.24, 2.45) is 5.10 Å². The van der Waals surface area contributed by atoms with Crippen LogP contribution in [-0.2, 0) is 0 Å². The number of rotatable bonds is 1. The Bertz CT molecular complexity index is 559. The van der Waals surface area contributed by atoms with Crippen molar-refractivity contribution < 1.29 is 4.39 Å². The molecule has 0 atom stereocenters. The van der Waals surface area contributed by atoms with Crippen molar-refractivity contribution in [1.82, 2.24) is 5.43 Å². The van der Waals surface area contributed by atoms with Gasteiger partial charge in [-0.15, -0.1) is 11.3 Å². The minimum absolute atomic E-state index is 0.141. The van der Waals surface area contributed by atoms with Crippen LogP contribution in [0.5, 0.6) is 0 Å². The monoisotopic (exact) mass is 234 g/mol. The van der Waals surface area contributed by atoms with Crippen molar-refractivity contribution in [2.75, 3.05) is 6.54 Å². The van der Waals surface area contributed by atoms with Crippen molar-refractivity contribution in [3.8, 4) is 0 Å². The lowest BCUT2D eigenvalue weighted by Gasteiger charge is -2.12. The van der Waals surface area contributed by atoms with Gasteiger partial charge in [-0.05, 0) is 18.9 Å². The number of hydrogen-bond acceptors (Lipinski definition) is 3. The highest BCUT2D eigenvalue weighted by Gasteiger charge is 2.14. The zero-order valence-electron chi connectivity index (χ0n) is 8.66. The molecule has 0 aliphatic carbocycles. The molecule has 0 unspecified atom stereocenters. The van der Waals surface area contributed by atoms with Gasteiger partial charge in [0.2, 0.25) is 0 Å². The molecule has 16 heavy (non-hydrogen) atoms. The number of hydrazone groups is 1. The summed E-state index contributed by atoms with van der Waals surface area (Å²) in [6.07, 6.45) is 2.06. The summed E-state index contributed by atoms with van der Waals surface area (Å²) in [4.78, 5) is 0. The van der Waals surface area contributed by atoms with E-state index in [0.29, 0.717) is 0 Å². The SMILES string of the molecule is Fc1cccc2c(C3=NNCCC3)csc12. The predicted octanol–water partition coefficient (Wildman–Crippen LogP) is 3.13. The molecule has 1 N–H and O–H groups in total. The summed E-state index contributed by atoms with van der Waals surface area (Å²) in [5, 5.41) is 7.28. The highest BCUT2D eigenvalue weighted by molar-refractivity contribution is 7.17. The Labute approximate surface area is 96.8 Å². The molecule has 0 radical (unpaired) electrons. The fourth-order valence-electron chi connectivity index (χ4n) is 1.98. The first-order chi connectivity index (χ1) is 7.86. The van der Waals surface area contributed by atoms with Gasteiger partial charge in [-0.2, -0.15) is 5.10 Å². The molecule has 0 bridgehead atoms. The van der Waals surface area contributed by atoms with Crippen LogP contribution in [0, 0.1) is 5.82 Å². The lowest BCUT2D eigenvalue weighted by atomic mass is 10.0. The summed E-state index contributed by atoms with van der Waals surface area (Å²) < 4.78 is 14.2. The van der Waals surface area contributed by atoms with Crippen LogP contribution < -0.4 is 5.43 Å². The summed E-state index contributed by atoms with van der Waals surface area (Å²) in [6.45, 7) is 0.930. The van der Waals surface area contributed by atoms with Crippen LogP contribution >= 0.6 is 11.3 Å². The van der Waals surface area contributed by atoms with E-state index in [1.807, 2.05) is 11.4 Å². The Hall–Kier alpha value is -1.42. The van der Waals surface area contributed by atoms with E-state index >= 15 is 0 Å². The van der Waals surface area contributed by atoms with Crippen LogP contribution in [0.25, 0.3) is 10.1 Å². The highest BCUT2D eigenvalue weighted by Crippen LogP contribution is 2.29. The number of nitrogens with one attached hydrogen (secondary N) is 1. The first-order valence-corrected chi connectivity index (χ1v) is 6.20. The molecule has 2 nitrogen and oxygen atoms in total. The van der Waals surface area contributed by atoms with Gasteiger partial charge in [-0.25, -0.2) is 4.39 Å². The van der Waals surface area contributed by atoms with E-state index in [1.54, 1.807) is 6.07 Å². The topological polar surface area (TPSA) is 24.4 Å². The first kappa shape index (κ1) is 9.78. The second kappa shape index (κ2) is 3.87. The number of thiophene rings is 1. The lowest BCUT2D eigenvalue weighted by molar-refractivity contribution is 0.641. The quantitative estimate of drug-likeness (QED) is 0.805. The maximum atomic E-state index is 13.5. The molecule has 1 aromatic carbocycles. The Morgan fingerprint density at radius 2 is 2.31 bits per heavy atom. The van der Waals surface area contributed by atoms with Crippen molar-refractivity contribution in [1.29, 1.82) is 0 Å². The summed E-state index contributed by atoms with van der Waals surface area (Å²) in [5.41, 5.74) is 5.12. The zero-order valence-corrected chi connectivity index (χ0v) is 9.48. The van der Waals surface area contributed by atoms with Gasteiger partial charge in [0.25, 0.3) is 0 Å². The molecule has 3 rings (SSSR count). The van der Waals surface area contributed by atoms with Crippen molar-refractivity contribution in [3.05, 3.63) is 35.0 Å². The molecule has 0 amide bonds. The molecule has 1 aliphatic heterocycles. The van der Waals surface area contributed by atoms with E-state index in [9.17, 15) is 4.39 Å². The second-order valence-electron chi connectivity index (χ2n) is 3.84. The minimum atomic E-state index is -0.141. The zero-order chi connectivity index (χ0) is 11.0. The van der Waals surface area contributed by atoms with E-state index in [1.165, 1.54) is 17.4 Å². The molecule has 0 fully saturated rings. The van der Waals surface area contributed by atoms with Crippen LogP contribution in [0.15, 0.2) is 28.7 Å². The van der Waals surface area contributed by atoms with Crippen LogP contribution in [0.3, 0.4) is 0 Å². The summed E-state index contributed by atoms with van der Waals surface area (Å²) in [7, 11) is 0. The smallest absolute Gasteiger partial charge is 0.141 e. The van der Waals surface area contributed by atoms with Crippen LogP contribution in [-0.4, -0.2) is 12.3 Å². The highest BCUT2D eigenvalue weighted by atomic mass is 32.1. The molecule has 82 valence electrons. The normalized spacial score (nSPS) is 15.9. The van der Waals surface area contributed by atoms with E-state index < -0.39 is 0 Å². The predicted molar refractivity (Wildman–Crippen MR) is 65.6 cm³/mol. The lowest BCUT2D eigenvalue weighted by Crippen LogP contribution is -2.19. The van der Waals surface area contributed by atoms with Gasteiger partial charge < -0.3 is 5.43 Å². The molecule has 0 spiro atoms. The Kier molecular flexibility index (Phi) is 2.36. The molecule has 0 saturated carbocycles. The van der Waals surface area contributed by atoms with E-state index in [2.05, 4.69) is 10.5 Å². The third-order valence-corrected chi connectivity index (χ3v) is 3.78. The van der Waals surface area contributed by atoms with Gasteiger partial charge in [0, 0.05) is 22.9 Å². The summed E-state index contributed by atoms with van der Waals surface area (Å²) in [6, 6.07) is 5.22. The third-order valence-electron chi connectivity index (χ3n) is 2.78. The molecule has 4 heteroatoms. The van der Waals surface area contributed by atoms with Crippen molar-refractivity contribution in [3.63, 3.8) is 0 Å². The van der Waals surface area contributed by atoms with Gasteiger partial charge in [0.15, 0.2) is 0 Å². The summed E-state index contributed by atoms with van der Waals surface area (Å²) >= 11 is 1.45. The van der Waals surface area contributed by atoms with E-state index in [4.69, 9.17) is 0 Å². The van der Waals surface area contributed by atoms with E-state index in [-0.39, 0.29) is 5.82 Å². The minimum Gasteiger partial charge on any atom is -0.310 e. The Morgan fingerprint density at radius 1 is 1.38 bits per heavy atom. The maximum absolute atomic E-state index is 13.5. The Morgan fingerprint density at radius 3 is 3.12 bits per heavy atom. The first-order valence-electron chi connectivity index (χ1n) is 5.32.